The summed E-state index contributed by atoms with van der Waals surface area (Å²) in [4.78, 5) is 11.3. The van der Waals surface area contributed by atoms with Crippen LogP contribution < -0.4 is 5.32 Å². The predicted molar refractivity (Wildman–Crippen MR) is 62.2 cm³/mol. The van der Waals surface area contributed by atoms with E-state index in [9.17, 15) is 9.18 Å². The monoisotopic (exact) mass is 219 g/mol. The zero-order valence-corrected chi connectivity index (χ0v) is 9.11. The minimum Gasteiger partial charge on any atom is -0.348 e. The Morgan fingerprint density at radius 1 is 1.44 bits per heavy atom. The van der Waals surface area contributed by atoms with Gasteiger partial charge >= 0.3 is 0 Å². The molecule has 0 radical (unpaired) electrons. The van der Waals surface area contributed by atoms with Crippen molar-refractivity contribution in [2.45, 2.75) is 13.5 Å². The van der Waals surface area contributed by atoms with Gasteiger partial charge in [0.25, 0.3) is 0 Å². The fourth-order valence-corrected chi connectivity index (χ4v) is 1.15. The van der Waals surface area contributed by atoms with Crippen molar-refractivity contribution in [1.29, 1.82) is 0 Å². The van der Waals surface area contributed by atoms with Gasteiger partial charge in [-0.25, -0.2) is 4.39 Å². The Bertz CT molecular complexity index is 410. The molecule has 0 saturated heterocycles. The molecule has 1 aromatic carbocycles. The van der Waals surface area contributed by atoms with Gasteiger partial charge < -0.3 is 5.32 Å². The number of rotatable bonds is 4. The molecule has 0 unspecified atom stereocenters. The van der Waals surface area contributed by atoms with Crippen molar-refractivity contribution in [2.24, 2.45) is 0 Å². The van der Waals surface area contributed by atoms with Gasteiger partial charge in [0.2, 0.25) is 5.91 Å². The largest absolute Gasteiger partial charge is 0.348 e. The molecule has 1 aromatic rings. The lowest BCUT2D eigenvalue weighted by molar-refractivity contribution is -0.116. The van der Waals surface area contributed by atoms with Crippen molar-refractivity contribution >= 4 is 5.91 Å². The first-order chi connectivity index (χ1) is 7.72. The summed E-state index contributed by atoms with van der Waals surface area (Å²) in [6.45, 7) is 2.20. The molecule has 0 aromatic heterocycles. The van der Waals surface area contributed by atoms with Gasteiger partial charge in [0, 0.05) is 12.6 Å². The van der Waals surface area contributed by atoms with Gasteiger partial charge in [-0.3, -0.25) is 4.79 Å². The van der Waals surface area contributed by atoms with Crippen LogP contribution in [0.1, 0.15) is 12.5 Å². The summed E-state index contributed by atoms with van der Waals surface area (Å²) in [5.41, 5.74) is 0.743. The highest BCUT2D eigenvalue weighted by Crippen LogP contribution is 2.02. The van der Waals surface area contributed by atoms with E-state index in [2.05, 4.69) is 5.32 Å². The molecule has 0 spiro atoms. The molecule has 0 aliphatic rings. The molecule has 16 heavy (non-hydrogen) atoms. The second-order valence-corrected chi connectivity index (χ2v) is 3.23. The van der Waals surface area contributed by atoms with Crippen molar-refractivity contribution in [2.75, 3.05) is 0 Å². The predicted octanol–water partition coefficient (Wildman–Crippen LogP) is 2.57. The molecule has 0 fully saturated rings. The second kappa shape index (κ2) is 6.56. The van der Waals surface area contributed by atoms with Gasteiger partial charge in [-0.1, -0.05) is 30.4 Å². The maximum atomic E-state index is 12.8. The quantitative estimate of drug-likeness (QED) is 0.612. The van der Waals surface area contributed by atoms with Gasteiger partial charge in [-0.15, -0.1) is 0 Å². The summed E-state index contributed by atoms with van der Waals surface area (Å²) in [5, 5.41) is 2.66. The number of halogens is 1. The van der Waals surface area contributed by atoms with E-state index in [4.69, 9.17) is 0 Å². The Morgan fingerprint density at radius 2 is 2.25 bits per heavy atom. The number of nitrogens with one attached hydrogen (secondary N) is 1. The molecule has 0 aliphatic carbocycles. The first-order valence-corrected chi connectivity index (χ1v) is 5.04. The Balaban J connectivity index is 2.43. The molecule has 0 heterocycles. The zero-order chi connectivity index (χ0) is 11.8. The summed E-state index contributed by atoms with van der Waals surface area (Å²) < 4.78 is 12.8. The lowest BCUT2D eigenvalue weighted by Gasteiger charge is -2.02. The summed E-state index contributed by atoms with van der Waals surface area (Å²) in [6, 6.07) is 6.15. The number of hydrogen-bond acceptors (Lipinski definition) is 1. The summed E-state index contributed by atoms with van der Waals surface area (Å²) in [5.74, 6) is -0.487. The van der Waals surface area contributed by atoms with E-state index < -0.39 is 0 Å². The minimum absolute atomic E-state index is 0.192. The van der Waals surface area contributed by atoms with Crippen LogP contribution in [0.25, 0.3) is 0 Å². The normalized spacial score (nSPS) is 11.1. The van der Waals surface area contributed by atoms with E-state index >= 15 is 0 Å². The maximum Gasteiger partial charge on any atom is 0.244 e. The van der Waals surface area contributed by atoms with E-state index in [1.54, 1.807) is 24.3 Å². The van der Waals surface area contributed by atoms with Gasteiger partial charge in [0.1, 0.15) is 5.82 Å². The standard InChI is InChI=1S/C13H14FNO/c1-2-3-4-8-13(16)15-10-11-6-5-7-12(14)9-11/h2-9H,10H2,1H3,(H,15,16)/b3-2+,8-4+. The van der Waals surface area contributed by atoms with Gasteiger partial charge in [0.05, 0.1) is 0 Å². The van der Waals surface area contributed by atoms with Crippen molar-refractivity contribution in [3.05, 3.63) is 60.0 Å². The molecule has 2 nitrogen and oxygen atoms in total. The van der Waals surface area contributed by atoms with Crippen molar-refractivity contribution in [3.63, 3.8) is 0 Å². The SMILES string of the molecule is C/C=C/C=C/C(=O)NCc1cccc(F)c1. The Morgan fingerprint density at radius 3 is 2.94 bits per heavy atom. The molecule has 0 saturated carbocycles. The highest BCUT2D eigenvalue weighted by atomic mass is 19.1. The van der Waals surface area contributed by atoms with E-state index in [0.717, 1.165) is 5.56 Å². The number of carbonyl (C=O) groups is 1. The third-order valence-electron chi connectivity index (χ3n) is 1.91. The fraction of sp³-hybridized carbons (Fsp3) is 0.154. The molecular formula is C13H14FNO. The van der Waals surface area contributed by atoms with Gasteiger partial charge in [-0.2, -0.15) is 0 Å². The van der Waals surface area contributed by atoms with Gasteiger partial charge in [-0.05, 0) is 24.6 Å². The topological polar surface area (TPSA) is 29.1 Å². The Labute approximate surface area is 94.5 Å². The van der Waals surface area contributed by atoms with Crippen LogP contribution in [0.4, 0.5) is 4.39 Å². The maximum absolute atomic E-state index is 12.8. The molecule has 1 amide bonds. The fourth-order valence-electron chi connectivity index (χ4n) is 1.15. The smallest absolute Gasteiger partial charge is 0.244 e. The lowest BCUT2D eigenvalue weighted by Crippen LogP contribution is -2.20. The highest BCUT2D eigenvalue weighted by Gasteiger charge is 1.97. The second-order valence-electron chi connectivity index (χ2n) is 3.23. The van der Waals surface area contributed by atoms with Crippen LogP contribution in [-0.4, -0.2) is 5.91 Å². The summed E-state index contributed by atoms with van der Waals surface area (Å²) >= 11 is 0. The molecule has 0 bridgehead atoms. The molecular weight excluding hydrogens is 205 g/mol. The van der Waals surface area contributed by atoms with E-state index in [-0.39, 0.29) is 11.7 Å². The molecule has 1 N–H and O–H groups in total. The van der Waals surface area contributed by atoms with Crippen LogP contribution in [0.5, 0.6) is 0 Å². The third kappa shape index (κ3) is 4.55. The van der Waals surface area contributed by atoms with Crippen LogP contribution in [0.15, 0.2) is 48.6 Å². The van der Waals surface area contributed by atoms with Crippen LogP contribution in [0.3, 0.4) is 0 Å². The first-order valence-electron chi connectivity index (χ1n) is 5.04. The Hall–Kier alpha value is -1.90. The van der Waals surface area contributed by atoms with E-state index in [1.807, 2.05) is 13.0 Å². The van der Waals surface area contributed by atoms with Crippen LogP contribution in [0, 0.1) is 5.82 Å². The number of allylic oxidation sites excluding steroid dienone is 3. The average molecular weight is 219 g/mol. The molecule has 0 atom stereocenters. The average Bonchev–Trinajstić information content (AvgIpc) is 2.27. The van der Waals surface area contributed by atoms with Crippen LogP contribution in [0.2, 0.25) is 0 Å². The summed E-state index contributed by atoms with van der Waals surface area (Å²) in [6.07, 6.45) is 6.68. The number of hydrogen-bond donors (Lipinski definition) is 1. The van der Waals surface area contributed by atoms with Gasteiger partial charge in [0.15, 0.2) is 0 Å². The zero-order valence-electron chi connectivity index (χ0n) is 9.11. The van der Waals surface area contributed by atoms with E-state index in [0.29, 0.717) is 6.54 Å². The molecule has 84 valence electrons. The number of carbonyl (C=O) groups excluding carboxylic acids is 1. The first kappa shape index (κ1) is 12.2. The third-order valence-corrected chi connectivity index (χ3v) is 1.91. The molecule has 0 aliphatic heterocycles. The number of benzene rings is 1. The highest BCUT2D eigenvalue weighted by molar-refractivity contribution is 5.87. The summed E-state index contributed by atoms with van der Waals surface area (Å²) in [7, 11) is 0. The lowest BCUT2D eigenvalue weighted by atomic mass is 10.2. The minimum atomic E-state index is -0.295. The molecule has 1 rings (SSSR count). The Kier molecular flexibility index (Phi) is 4.99. The van der Waals surface area contributed by atoms with Crippen molar-refractivity contribution in [1.82, 2.24) is 5.32 Å². The molecule has 3 heteroatoms. The van der Waals surface area contributed by atoms with Crippen molar-refractivity contribution in [3.8, 4) is 0 Å². The van der Waals surface area contributed by atoms with Crippen LogP contribution in [-0.2, 0) is 11.3 Å². The number of amides is 1. The van der Waals surface area contributed by atoms with E-state index in [1.165, 1.54) is 18.2 Å². The van der Waals surface area contributed by atoms with Crippen molar-refractivity contribution < 1.29 is 9.18 Å². The van der Waals surface area contributed by atoms with Crippen LogP contribution >= 0.6 is 0 Å².